The highest BCUT2D eigenvalue weighted by Crippen LogP contribution is 2.25. The maximum atomic E-state index is 2.19. The van der Waals surface area contributed by atoms with Gasteiger partial charge in [0.1, 0.15) is 0 Å². The highest BCUT2D eigenvalue weighted by atomic mass is 14.0. The van der Waals surface area contributed by atoms with Crippen LogP contribution in [0.15, 0.2) is 109 Å². The van der Waals surface area contributed by atoms with Gasteiger partial charge in [-0.1, -0.05) is 121 Å². The maximum Gasteiger partial charge on any atom is -0.0184 e. The summed E-state index contributed by atoms with van der Waals surface area (Å²) in [7, 11) is 0. The van der Waals surface area contributed by atoms with Crippen molar-refractivity contribution in [3.05, 3.63) is 120 Å². The van der Waals surface area contributed by atoms with Gasteiger partial charge in [0.05, 0.1) is 0 Å². The minimum absolute atomic E-state index is 1.21. The molecule has 0 heteroatoms. The second-order valence-electron chi connectivity index (χ2n) is 6.31. The van der Waals surface area contributed by atoms with Gasteiger partial charge in [0.25, 0.3) is 0 Å². The Labute approximate surface area is 155 Å². The van der Waals surface area contributed by atoms with Crippen LogP contribution in [-0.2, 0) is 0 Å². The summed E-state index contributed by atoms with van der Waals surface area (Å²) in [5, 5.41) is 0. The van der Waals surface area contributed by atoms with Crippen LogP contribution in [-0.4, -0.2) is 0 Å². The van der Waals surface area contributed by atoms with Crippen molar-refractivity contribution >= 4 is 12.2 Å². The predicted octanol–water partition coefficient (Wildman–Crippen LogP) is 7.19. The number of hydrogen-bond acceptors (Lipinski definition) is 0. The van der Waals surface area contributed by atoms with E-state index in [2.05, 4.69) is 109 Å². The fourth-order valence-electron chi connectivity index (χ4n) is 3.03. The lowest BCUT2D eigenvalue weighted by Crippen LogP contribution is -1.81. The molecule has 0 aliphatic carbocycles. The van der Waals surface area contributed by atoms with Crippen LogP contribution < -0.4 is 0 Å². The van der Waals surface area contributed by atoms with E-state index in [4.69, 9.17) is 0 Å². The Bertz CT molecular complexity index is 977. The fourth-order valence-corrected chi connectivity index (χ4v) is 3.03. The molecule has 0 heterocycles. The van der Waals surface area contributed by atoms with Crippen molar-refractivity contribution in [3.63, 3.8) is 0 Å². The summed E-state index contributed by atoms with van der Waals surface area (Å²) in [6, 6.07) is 38.3. The van der Waals surface area contributed by atoms with Crippen LogP contribution >= 0.6 is 0 Å². The standard InChI is InChI=1S/C26H20/c1-3-7-21(8-4-1)11-12-22-13-15-24(16-14-22)26-19-17-25(18-20-26)23-9-5-2-6-10-23/h1-20H. The summed E-state index contributed by atoms with van der Waals surface area (Å²) >= 11 is 0. The zero-order chi connectivity index (χ0) is 17.6. The van der Waals surface area contributed by atoms with E-state index in [0.717, 1.165) is 0 Å². The molecule has 0 unspecified atom stereocenters. The maximum absolute atomic E-state index is 2.19. The molecular formula is C26H20. The molecule has 0 N–H and O–H groups in total. The Hall–Kier alpha value is -3.38. The van der Waals surface area contributed by atoms with E-state index in [1.54, 1.807) is 0 Å². The molecule has 0 radical (unpaired) electrons. The van der Waals surface area contributed by atoms with Crippen molar-refractivity contribution in [3.8, 4) is 22.3 Å². The van der Waals surface area contributed by atoms with Gasteiger partial charge >= 0.3 is 0 Å². The van der Waals surface area contributed by atoms with Crippen molar-refractivity contribution < 1.29 is 0 Å². The molecule has 124 valence electrons. The smallest absolute Gasteiger partial charge is 0.0184 e. The van der Waals surface area contributed by atoms with Crippen LogP contribution in [0.3, 0.4) is 0 Å². The third kappa shape index (κ3) is 3.81. The second-order valence-corrected chi connectivity index (χ2v) is 6.31. The highest BCUT2D eigenvalue weighted by molar-refractivity contribution is 5.73. The van der Waals surface area contributed by atoms with Crippen LogP contribution in [0.25, 0.3) is 34.4 Å². The van der Waals surface area contributed by atoms with Crippen LogP contribution in [0.2, 0.25) is 0 Å². The van der Waals surface area contributed by atoms with Crippen molar-refractivity contribution in [2.24, 2.45) is 0 Å². The second kappa shape index (κ2) is 7.67. The van der Waals surface area contributed by atoms with Crippen LogP contribution in [0.5, 0.6) is 0 Å². The Kier molecular flexibility index (Phi) is 4.75. The molecular weight excluding hydrogens is 312 g/mol. The SMILES string of the molecule is C(=Cc1ccc(-c2ccc(-c3ccccc3)cc2)cc1)c1ccccc1. The summed E-state index contributed by atoms with van der Waals surface area (Å²) in [5.41, 5.74) is 7.40. The molecule has 0 saturated heterocycles. The van der Waals surface area contributed by atoms with Gasteiger partial charge < -0.3 is 0 Å². The van der Waals surface area contributed by atoms with Gasteiger partial charge in [-0.3, -0.25) is 0 Å². The first-order chi connectivity index (χ1) is 12.9. The molecule has 0 bridgehead atoms. The Morgan fingerprint density at radius 2 is 0.654 bits per heavy atom. The van der Waals surface area contributed by atoms with E-state index in [1.807, 2.05) is 12.1 Å². The summed E-state index contributed by atoms with van der Waals surface area (Å²) in [6.07, 6.45) is 4.29. The van der Waals surface area contributed by atoms with E-state index in [-0.39, 0.29) is 0 Å². The third-order valence-corrected chi connectivity index (χ3v) is 4.50. The monoisotopic (exact) mass is 332 g/mol. The lowest BCUT2D eigenvalue weighted by atomic mass is 9.99. The minimum atomic E-state index is 1.21. The number of rotatable bonds is 4. The average Bonchev–Trinajstić information content (AvgIpc) is 2.74. The highest BCUT2D eigenvalue weighted by Gasteiger charge is 2.00. The molecule has 0 amide bonds. The van der Waals surface area contributed by atoms with Gasteiger partial charge in [-0.25, -0.2) is 0 Å². The number of hydrogen-bond donors (Lipinski definition) is 0. The lowest BCUT2D eigenvalue weighted by molar-refractivity contribution is 1.58. The van der Waals surface area contributed by atoms with Crippen molar-refractivity contribution in [2.75, 3.05) is 0 Å². The quantitative estimate of drug-likeness (QED) is 0.347. The van der Waals surface area contributed by atoms with Crippen LogP contribution in [0, 0.1) is 0 Å². The Balaban J connectivity index is 1.51. The average molecular weight is 332 g/mol. The molecule has 0 saturated carbocycles. The molecule has 0 nitrogen and oxygen atoms in total. The van der Waals surface area contributed by atoms with Crippen molar-refractivity contribution in [1.82, 2.24) is 0 Å². The normalized spacial score (nSPS) is 10.9. The van der Waals surface area contributed by atoms with Gasteiger partial charge in [0.15, 0.2) is 0 Å². The lowest BCUT2D eigenvalue weighted by Gasteiger charge is -2.05. The van der Waals surface area contributed by atoms with Crippen molar-refractivity contribution in [2.45, 2.75) is 0 Å². The summed E-state index contributed by atoms with van der Waals surface area (Å²) < 4.78 is 0. The fraction of sp³-hybridized carbons (Fsp3) is 0. The molecule has 0 aliphatic heterocycles. The molecule has 0 spiro atoms. The van der Waals surface area contributed by atoms with Gasteiger partial charge in [-0.05, 0) is 33.4 Å². The van der Waals surface area contributed by atoms with Gasteiger partial charge in [-0.15, -0.1) is 0 Å². The molecule has 26 heavy (non-hydrogen) atoms. The van der Waals surface area contributed by atoms with E-state index < -0.39 is 0 Å². The topological polar surface area (TPSA) is 0 Å². The minimum Gasteiger partial charge on any atom is -0.0622 e. The molecule has 0 atom stereocenters. The van der Waals surface area contributed by atoms with E-state index >= 15 is 0 Å². The zero-order valence-electron chi connectivity index (χ0n) is 14.5. The molecule has 0 fully saturated rings. The molecule has 4 aromatic rings. The van der Waals surface area contributed by atoms with Crippen LogP contribution in [0.4, 0.5) is 0 Å². The zero-order valence-corrected chi connectivity index (χ0v) is 14.5. The molecule has 0 aromatic heterocycles. The molecule has 0 aliphatic rings. The van der Waals surface area contributed by atoms with E-state index in [9.17, 15) is 0 Å². The van der Waals surface area contributed by atoms with Gasteiger partial charge in [0.2, 0.25) is 0 Å². The molecule has 4 rings (SSSR count). The first-order valence-corrected chi connectivity index (χ1v) is 8.87. The van der Waals surface area contributed by atoms with E-state index in [0.29, 0.717) is 0 Å². The predicted molar refractivity (Wildman–Crippen MR) is 113 cm³/mol. The third-order valence-electron chi connectivity index (χ3n) is 4.50. The largest absolute Gasteiger partial charge is 0.0622 e. The molecule has 4 aromatic carbocycles. The first-order valence-electron chi connectivity index (χ1n) is 8.87. The van der Waals surface area contributed by atoms with Crippen molar-refractivity contribution in [1.29, 1.82) is 0 Å². The van der Waals surface area contributed by atoms with Gasteiger partial charge in [-0.2, -0.15) is 0 Å². The Morgan fingerprint density at radius 1 is 0.308 bits per heavy atom. The summed E-state index contributed by atoms with van der Waals surface area (Å²) in [5.74, 6) is 0. The number of benzene rings is 4. The summed E-state index contributed by atoms with van der Waals surface area (Å²) in [6.45, 7) is 0. The first kappa shape index (κ1) is 16.1. The van der Waals surface area contributed by atoms with E-state index in [1.165, 1.54) is 33.4 Å². The summed E-state index contributed by atoms with van der Waals surface area (Å²) in [4.78, 5) is 0. The van der Waals surface area contributed by atoms with Crippen LogP contribution in [0.1, 0.15) is 11.1 Å². The van der Waals surface area contributed by atoms with Gasteiger partial charge in [0, 0.05) is 0 Å². The Morgan fingerprint density at radius 3 is 1.15 bits per heavy atom.